The molecule has 1 aliphatic rings. The first kappa shape index (κ1) is 18.2. The Morgan fingerprint density at radius 3 is 2.39 bits per heavy atom. The van der Waals surface area contributed by atoms with Gasteiger partial charge in [-0.3, -0.25) is 9.59 Å². The molecule has 2 aromatic carbocycles. The molecule has 6 heteroatoms. The average molecular weight is 376 g/mol. The zero-order valence-corrected chi connectivity index (χ0v) is 16.0. The highest BCUT2D eigenvalue weighted by molar-refractivity contribution is 5.95. The van der Waals surface area contributed by atoms with E-state index in [1.807, 2.05) is 30.3 Å². The molecule has 1 aromatic heterocycles. The number of benzene rings is 2. The smallest absolute Gasteiger partial charge is 0.274 e. The van der Waals surface area contributed by atoms with Crippen LogP contribution >= 0.6 is 0 Å². The third-order valence-corrected chi connectivity index (χ3v) is 5.23. The number of carbonyl (C=O) groups is 1. The van der Waals surface area contributed by atoms with Crippen LogP contribution in [0.5, 0.6) is 0 Å². The fourth-order valence-electron chi connectivity index (χ4n) is 3.77. The maximum absolute atomic E-state index is 12.6. The fourth-order valence-corrected chi connectivity index (χ4v) is 3.77. The lowest BCUT2D eigenvalue weighted by Crippen LogP contribution is -2.29. The summed E-state index contributed by atoms with van der Waals surface area (Å²) in [5.41, 5.74) is 2.40. The molecule has 28 heavy (non-hydrogen) atoms. The maximum Gasteiger partial charge on any atom is 0.274 e. The highest BCUT2D eigenvalue weighted by Gasteiger charge is 2.14. The van der Waals surface area contributed by atoms with E-state index in [1.54, 1.807) is 13.1 Å². The Morgan fingerprint density at radius 1 is 1.00 bits per heavy atom. The molecule has 1 aliphatic heterocycles. The van der Waals surface area contributed by atoms with Crippen LogP contribution in [0.1, 0.15) is 25.0 Å². The summed E-state index contributed by atoms with van der Waals surface area (Å²) in [6.07, 6.45) is 3.89. The summed E-state index contributed by atoms with van der Waals surface area (Å²) in [6.45, 7) is 2.19. The molecule has 0 unspecified atom stereocenters. The summed E-state index contributed by atoms with van der Waals surface area (Å²) >= 11 is 0. The topological polar surface area (TPSA) is 67.2 Å². The molecule has 0 spiro atoms. The summed E-state index contributed by atoms with van der Waals surface area (Å²) in [5.74, 6) is -0.151. The summed E-state index contributed by atoms with van der Waals surface area (Å²) in [7, 11) is 1.61. The van der Waals surface area contributed by atoms with Crippen molar-refractivity contribution < 1.29 is 4.79 Å². The van der Waals surface area contributed by atoms with E-state index >= 15 is 0 Å². The summed E-state index contributed by atoms with van der Waals surface area (Å²) in [4.78, 5) is 27.2. The van der Waals surface area contributed by atoms with Crippen molar-refractivity contribution >= 4 is 28.1 Å². The summed E-state index contributed by atoms with van der Waals surface area (Å²) in [6, 6.07) is 15.3. The SMILES string of the molecule is Cn1nc(CC(=O)Nc2ccc(N3CCCCC3)cc2)c2ccccc2c1=O. The maximum atomic E-state index is 12.6. The third-order valence-electron chi connectivity index (χ3n) is 5.23. The van der Waals surface area contributed by atoms with Crippen molar-refractivity contribution in [3.8, 4) is 0 Å². The first-order valence-corrected chi connectivity index (χ1v) is 9.71. The molecule has 4 rings (SSSR count). The summed E-state index contributed by atoms with van der Waals surface area (Å²) < 4.78 is 1.29. The van der Waals surface area contributed by atoms with Crippen LogP contribution in [0.4, 0.5) is 11.4 Å². The highest BCUT2D eigenvalue weighted by atomic mass is 16.1. The number of aryl methyl sites for hydroxylation is 1. The van der Waals surface area contributed by atoms with Gasteiger partial charge in [0, 0.05) is 36.9 Å². The van der Waals surface area contributed by atoms with Crippen molar-refractivity contribution in [3.05, 3.63) is 64.6 Å². The Labute approximate surface area is 163 Å². The molecule has 0 saturated carbocycles. The van der Waals surface area contributed by atoms with Gasteiger partial charge in [-0.25, -0.2) is 4.68 Å². The molecular weight excluding hydrogens is 352 g/mol. The lowest BCUT2D eigenvalue weighted by atomic mass is 10.1. The van der Waals surface area contributed by atoms with E-state index in [2.05, 4.69) is 27.4 Å². The second-order valence-corrected chi connectivity index (χ2v) is 7.24. The second-order valence-electron chi connectivity index (χ2n) is 7.24. The van der Waals surface area contributed by atoms with Crippen molar-refractivity contribution in [2.45, 2.75) is 25.7 Å². The number of hydrogen-bond donors (Lipinski definition) is 1. The molecule has 144 valence electrons. The fraction of sp³-hybridized carbons (Fsp3) is 0.318. The van der Waals surface area contributed by atoms with Crippen LogP contribution in [0.2, 0.25) is 0 Å². The number of rotatable bonds is 4. The Kier molecular flexibility index (Phi) is 5.10. The quantitative estimate of drug-likeness (QED) is 0.760. The molecule has 1 fully saturated rings. The van der Waals surface area contributed by atoms with Crippen molar-refractivity contribution in [1.29, 1.82) is 0 Å². The van der Waals surface area contributed by atoms with E-state index in [0.29, 0.717) is 11.1 Å². The molecular formula is C22H24N4O2. The zero-order valence-electron chi connectivity index (χ0n) is 16.0. The molecule has 0 bridgehead atoms. The predicted octanol–water partition coefficient (Wildman–Crippen LogP) is 3.11. The van der Waals surface area contributed by atoms with Gasteiger partial charge in [0.2, 0.25) is 5.91 Å². The number of fused-ring (bicyclic) bond motifs is 1. The molecule has 2 heterocycles. The van der Waals surface area contributed by atoms with E-state index in [4.69, 9.17) is 0 Å². The van der Waals surface area contributed by atoms with E-state index in [1.165, 1.54) is 29.6 Å². The van der Waals surface area contributed by atoms with Crippen LogP contribution < -0.4 is 15.8 Å². The van der Waals surface area contributed by atoms with Crippen LogP contribution in [-0.4, -0.2) is 28.8 Å². The molecule has 6 nitrogen and oxygen atoms in total. The number of nitrogens with zero attached hydrogens (tertiary/aromatic N) is 3. The van der Waals surface area contributed by atoms with Crippen LogP contribution in [0.3, 0.4) is 0 Å². The molecule has 0 radical (unpaired) electrons. The first-order chi connectivity index (χ1) is 13.6. The molecule has 1 N–H and O–H groups in total. The standard InChI is InChI=1S/C22H24N4O2/c1-25-22(28)19-8-4-3-7-18(19)20(24-25)15-21(27)23-16-9-11-17(12-10-16)26-13-5-2-6-14-26/h3-4,7-12H,2,5-6,13-15H2,1H3,(H,23,27). The Morgan fingerprint density at radius 2 is 1.68 bits per heavy atom. The van der Waals surface area contributed by atoms with E-state index < -0.39 is 0 Å². The van der Waals surface area contributed by atoms with E-state index in [0.717, 1.165) is 24.2 Å². The average Bonchev–Trinajstić information content (AvgIpc) is 2.73. The molecule has 1 amide bonds. The summed E-state index contributed by atoms with van der Waals surface area (Å²) in [5, 5.41) is 8.53. The number of carbonyl (C=O) groups excluding carboxylic acids is 1. The minimum atomic E-state index is -0.159. The Hall–Kier alpha value is -3.15. The predicted molar refractivity (Wildman–Crippen MR) is 112 cm³/mol. The Bertz CT molecular complexity index is 1050. The first-order valence-electron chi connectivity index (χ1n) is 9.71. The molecule has 0 atom stereocenters. The van der Waals surface area contributed by atoms with Crippen LogP contribution in [0, 0.1) is 0 Å². The Balaban J connectivity index is 1.48. The minimum absolute atomic E-state index is 0.114. The molecule has 3 aromatic rings. The van der Waals surface area contributed by atoms with Gasteiger partial charge in [-0.2, -0.15) is 5.10 Å². The highest BCUT2D eigenvalue weighted by Crippen LogP contribution is 2.22. The number of amides is 1. The van der Waals surface area contributed by atoms with Gasteiger partial charge in [0.15, 0.2) is 0 Å². The largest absolute Gasteiger partial charge is 0.372 e. The third kappa shape index (κ3) is 3.76. The van der Waals surface area contributed by atoms with Gasteiger partial charge < -0.3 is 10.2 Å². The molecule has 0 aliphatic carbocycles. The van der Waals surface area contributed by atoms with E-state index in [-0.39, 0.29) is 17.9 Å². The number of nitrogens with one attached hydrogen (secondary N) is 1. The van der Waals surface area contributed by atoms with Gasteiger partial charge in [0.05, 0.1) is 17.5 Å². The lowest BCUT2D eigenvalue weighted by molar-refractivity contribution is -0.115. The van der Waals surface area contributed by atoms with Gasteiger partial charge in [-0.05, 0) is 49.6 Å². The second kappa shape index (κ2) is 7.84. The zero-order chi connectivity index (χ0) is 19.5. The monoisotopic (exact) mass is 376 g/mol. The van der Waals surface area contributed by atoms with E-state index in [9.17, 15) is 9.59 Å². The van der Waals surface area contributed by atoms with Gasteiger partial charge >= 0.3 is 0 Å². The molecule has 1 saturated heterocycles. The van der Waals surface area contributed by atoms with Crippen LogP contribution in [0.15, 0.2) is 53.3 Å². The van der Waals surface area contributed by atoms with Gasteiger partial charge in [-0.15, -0.1) is 0 Å². The van der Waals surface area contributed by atoms with Gasteiger partial charge in [-0.1, -0.05) is 18.2 Å². The number of hydrogen-bond acceptors (Lipinski definition) is 4. The van der Waals surface area contributed by atoms with Crippen molar-refractivity contribution in [3.63, 3.8) is 0 Å². The minimum Gasteiger partial charge on any atom is -0.372 e. The van der Waals surface area contributed by atoms with Gasteiger partial charge in [0.1, 0.15) is 0 Å². The van der Waals surface area contributed by atoms with Crippen LogP contribution in [0.25, 0.3) is 10.8 Å². The van der Waals surface area contributed by atoms with Crippen molar-refractivity contribution in [2.75, 3.05) is 23.3 Å². The van der Waals surface area contributed by atoms with Crippen molar-refractivity contribution in [2.24, 2.45) is 7.05 Å². The van der Waals surface area contributed by atoms with Crippen molar-refractivity contribution in [1.82, 2.24) is 9.78 Å². The van der Waals surface area contributed by atoms with Crippen LogP contribution in [-0.2, 0) is 18.3 Å². The number of aromatic nitrogens is 2. The van der Waals surface area contributed by atoms with Gasteiger partial charge in [0.25, 0.3) is 5.56 Å². The normalized spacial score (nSPS) is 14.2. The lowest BCUT2D eigenvalue weighted by Gasteiger charge is -2.28. The number of anilines is 2. The number of piperidine rings is 1.